The van der Waals surface area contributed by atoms with Gasteiger partial charge in [-0.05, 0) is 18.1 Å². The lowest BCUT2D eigenvalue weighted by atomic mass is 10.1. The second kappa shape index (κ2) is 6.86. The summed E-state index contributed by atoms with van der Waals surface area (Å²) < 4.78 is 26.6. The Kier molecular flexibility index (Phi) is 5.68. The number of rotatable bonds is 7. The van der Waals surface area contributed by atoms with Gasteiger partial charge in [0, 0.05) is 13.1 Å². The maximum absolute atomic E-state index is 12.7. The van der Waals surface area contributed by atoms with Crippen LogP contribution in [0.15, 0.2) is 23.1 Å². The van der Waals surface area contributed by atoms with E-state index in [1.807, 2.05) is 13.8 Å². The van der Waals surface area contributed by atoms with Gasteiger partial charge in [-0.25, -0.2) is 8.42 Å². The highest BCUT2D eigenvalue weighted by molar-refractivity contribution is 7.89. The van der Waals surface area contributed by atoms with Gasteiger partial charge in [0.1, 0.15) is 5.69 Å². The van der Waals surface area contributed by atoms with Gasteiger partial charge in [-0.2, -0.15) is 4.31 Å². The zero-order valence-corrected chi connectivity index (χ0v) is 13.3. The number of sulfonamides is 1. The fourth-order valence-electron chi connectivity index (χ4n) is 1.96. The summed E-state index contributed by atoms with van der Waals surface area (Å²) in [5.74, 6) is 0.167. The zero-order valence-electron chi connectivity index (χ0n) is 12.4. The van der Waals surface area contributed by atoms with E-state index >= 15 is 0 Å². The number of nitrogen functional groups attached to an aromatic ring is 1. The fourth-order valence-corrected chi connectivity index (χ4v) is 3.71. The van der Waals surface area contributed by atoms with Crippen molar-refractivity contribution in [1.82, 2.24) is 4.31 Å². The number of nitrogens with two attached hydrogens (primary N) is 1. The maximum atomic E-state index is 12.7. The molecule has 0 bridgehead atoms. The molecule has 0 aromatic heterocycles. The van der Waals surface area contributed by atoms with Crippen LogP contribution in [0, 0.1) is 16.0 Å². The van der Waals surface area contributed by atoms with Crippen LogP contribution < -0.4 is 5.73 Å². The number of nitro groups is 1. The number of nitro benzene ring substituents is 1. The summed E-state index contributed by atoms with van der Waals surface area (Å²) in [7, 11) is -3.94. The minimum Gasteiger partial charge on any atom is -0.393 e. The molecule has 1 aromatic carbocycles. The molecule has 0 aliphatic carbocycles. The molecule has 0 fully saturated rings. The molecule has 118 valence electrons. The van der Waals surface area contributed by atoms with Gasteiger partial charge in [0.25, 0.3) is 0 Å². The SMILES string of the molecule is CCC(C)CN(CC)S(=O)(=O)c1cccc(N)c1[N+](=O)[O-]. The smallest absolute Gasteiger partial charge is 0.312 e. The molecule has 0 aliphatic rings. The Morgan fingerprint density at radius 3 is 2.48 bits per heavy atom. The van der Waals surface area contributed by atoms with Crippen LogP contribution in [0.25, 0.3) is 0 Å². The van der Waals surface area contributed by atoms with Crippen LogP contribution in [0.4, 0.5) is 11.4 Å². The molecule has 0 radical (unpaired) electrons. The number of nitrogens with zero attached hydrogens (tertiary/aromatic N) is 2. The number of anilines is 1. The molecule has 1 atom stereocenters. The Bertz CT molecular complexity index is 616. The third-order valence-electron chi connectivity index (χ3n) is 3.40. The molecular weight excluding hydrogens is 294 g/mol. The van der Waals surface area contributed by atoms with Gasteiger partial charge < -0.3 is 5.73 Å². The molecule has 1 rings (SSSR count). The first-order chi connectivity index (χ1) is 9.75. The van der Waals surface area contributed by atoms with Crippen LogP contribution in [-0.2, 0) is 10.0 Å². The Morgan fingerprint density at radius 2 is 2.00 bits per heavy atom. The highest BCUT2D eigenvalue weighted by Gasteiger charge is 2.32. The highest BCUT2D eigenvalue weighted by Crippen LogP contribution is 2.32. The van der Waals surface area contributed by atoms with Crippen molar-refractivity contribution in [2.24, 2.45) is 5.92 Å². The van der Waals surface area contributed by atoms with Gasteiger partial charge >= 0.3 is 5.69 Å². The largest absolute Gasteiger partial charge is 0.393 e. The topological polar surface area (TPSA) is 107 Å². The molecule has 0 heterocycles. The standard InChI is InChI=1S/C13H21N3O4S/c1-4-10(3)9-15(5-2)21(19,20)12-8-6-7-11(14)13(12)16(17)18/h6-8,10H,4-5,9,14H2,1-3H3. The van der Waals surface area contributed by atoms with E-state index < -0.39 is 20.6 Å². The number of hydrogen-bond acceptors (Lipinski definition) is 5. The van der Waals surface area contributed by atoms with E-state index in [2.05, 4.69) is 0 Å². The summed E-state index contributed by atoms with van der Waals surface area (Å²) in [5.41, 5.74) is 4.86. The van der Waals surface area contributed by atoms with Crippen molar-refractivity contribution in [2.75, 3.05) is 18.8 Å². The molecule has 0 spiro atoms. The monoisotopic (exact) mass is 315 g/mol. The Hall–Kier alpha value is -1.67. The Labute approximate surface area is 124 Å². The normalized spacial score (nSPS) is 13.3. The second-order valence-electron chi connectivity index (χ2n) is 4.92. The van der Waals surface area contributed by atoms with Gasteiger partial charge in [0.05, 0.1) is 4.92 Å². The summed E-state index contributed by atoms with van der Waals surface area (Å²) in [6, 6.07) is 3.96. The predicted molar refractivity (Wildman–Crippen MR) is 81.4 cm³/mol. The molecule has 7 nitrogen and oxygen atoms in total. The van der Waals surface area contributed by atoms with Crippen molar-refractivity contribution in [1.29, 1.82) is 0 Å². The van der Waals surface area contributed by atoms with Crippen molar-refractivity contribution < 1.29 is 13.3 Å². The average molecular weight is 315 g/mol. The van der Waals surface area contributed by atoms with Crippen molar-refractivity contribution in [3.63, 3.8) is 0 Å². The number of benzene rings is 1. The molecule has 1 aromatic rings. The first-order valence-electron chi connectivity index (χ1n) is 6.78. The minimum absolute atomic E-state index is 0.152. The zero-order chi connectivity index (χ0) is 16.2. The van der Waals surface area contributed by atoms with E-state index in [4.69, 9.17) is 5.73 Å². The van der Waals surface area contributed by atoms with E-state index in [-0.39, 0.29) is 23.0 Å². The summed E-state index contributed by atoms with van der Waals surface area (Å²) in [6.45, 7) is 6.18. The Balaban J connectivity index is 3.36. The molecule has 0 amide bonds. The number of para-hydroxylation sites is 1. The fraction of sp³-hybridized carbons (Fsp3) is 0.538. The van der Waals surface area contributed by atoms with Crippen molar-refractivity contribution in [3.05, 3.63) is 28.3 Å². The van der Waals surface area contributed by atoms with Crippen molar-refractivity contribution >= 4 is 21.4 Å². The van der Waals surface area contributed by atoms with E-state index in [1.54, 1.807) is 6.92 Å². The van der Waals surface area contributed by atoms with Gasteiger partial charge in [-0.1, -0.05) is 33.3 Å². The lowest BCUT2D eigenvalue weighted by Gasteiger charge is -2.23. The molecule has 0 saturated carbocycles. The van der Waals surface area contributed by atoms with E-state index in [1.165, 1.54) is 22.5 Å². The van der Waals surface area contributed by atoms with Crippen molar-refractivity contribution in [3.8, 4) is 0 Å². The van der Waals surface area contributed by atoms with Crippen LogP contribution in [0.2, 0.25) is 0 Å². The van der Waals surface area contributed by atoms with Gasteiger partial charge in [0.2, 0.25) is 10.0 Å². The molecule has 0 aliphatic heterocycles. The minimum atomic E-state index is -3.94. The van der Waals surface area contributed by atoms with Crippen LogP contribution in [0.3, 0.4) is 0 Å². The van der Waals surface area contributed by atoms with Gasteiger partial charge in [-0.15, -0.1) is 0 Å². The number of hydrogen-bond donors (Lipinski definition) is 1. The first-order valence-corrected chi connectivity index (χ1v) is 8.22. The third-order valence-corrected chi connectivity index (χ3v) is 5.37. The predicted octanol–water partition coefficient (Wildman–Crippen LogP) is 2.23. The lowest BCUT2D eigenvalue weighted by molar-refractivity contribution is -0.386. The molecule has 2 N–H and O–H groups in total. The summed E-state index contributed by atoms with van der Waals surface area (Å²) >= 11 is 0. The third kappa shape index (κ3) is 3.70. The van der Waals surface area contributed by atoms with Gasteiger partial charge in [0.15, 0.2) is 4.90 Å². The molecular formula is C13H21N3O4S. The molecule has 21 heavy (non-hydrogen) atoms. The average Bonchev–Trinajstić information content (AvgIpc) is 2.43. The summed E-state index contributed by atoms with van der Waals surface area (Å²) in [5, 5.41) is 11.1. The maximum Gasteiger partial charge on any atom is 0.312 e. The van der Waals surface area contributed by atoms with Crippen LogP contribution >= 0.6 is 0 Å². The van der Waals surface area contributed by atoms with Crippen LogP contribution in [0.5, 0.6) is 0 Å². The quantitative estimate of drug-likeness (QED) is 0.472. The Morgan fingerprint density at radius 1 is 1.38 bits per heavy atom. The molecule has 1 unspecified atom stereocenters. The van der Waals surface area contributed by atoms with E-state index in [0.717, 1.165) is 6.42 Å². The first kappa shape index (κ1) is 17.4. The van der Waals surface area contributed by atoms with E-state index in [0.29, 0.717) is 6.54 Å². The van der Waals surface area contributed by atoms with Crippen LogP contribution in [0.1, 0.15) is 27.2 Å². The summed E-state index contributed by atoms with van der Waals surface area (Å²) in [6.07, 6.45) is 0.824. The van der Waals surface area contributed by atoms with Crippen LogP contribution in [-0.4, -0.2) is 30.7 Å². The lowest BCUT2D eigenvalue weighted by Crippen LogP contribution is -2.35. The molecule has 8 heteroatoms. The second-order valence-corrected chi connectivity index (χ2v) is 6.83. The highest BCUT2D eigenvalue weighted by atomic mass is 32.2. The molecule has 0 saturated heterocycles. The van der Waals surface area contributed by atoms with Crippen molar-refractivity contribution in [2.45, 2.75) is 32.1 Å². The van der Waals surface area contributed by atoms with E-state index in [9.17, 15) is 18.5 Å². The summed E-state index contributed by atoms with van der Waals surface area (Å²) in [4.78, 5) is 10.0. The van der Waals surface area contributed by atoms with Gasteiger partial charge in [-0.3, -0.25) is 10.1 Å².